The first-order valence-electron chi connectivity index (χ1n) is 10.7. The van der Waals surface area contributed by atoms with Crippen molar-refractivity contribution in [3.05, 3.63) is 108 Å². The Bertz CT molecular complexity index is 1220. The van der Waals surface area contributed by atoms with Crippen LogP contribution in [0.3, 0.4) is 0 Å². The van der Waals surface area contributed by atoms with Crippen molar-refractivity contribution in [2.24, 2.45) is 0 Å². The van der Waals surface area contributed by atoms with Gasteiger partial charge in [-0.2, -0.15) is 18.2 Å². The zero-order valence-corrected chi connectivity index (χ0v) is 18.4. The Balaban J connectivity index is 1.56. The van der Waals surface area contributed by atoms with Crippen LogP contribution in [0.1, 0.15) is 40.3 Å². The number of amides is 1. The van der Waals surface area contributed by atoms with Gasteiger partial charge in [0.25, 0.3) is 5.91 Å². The Morgan fingerprint density at radius 2 is 1.56 bits per heavy atom. The van der Waals surface area contributed by atoms with Crippen LogP contribution in [0.2, 0.25) is 0 Å². The second-order valence-corrected chi connectivity index (χ2v) is 7.79. The lowest BCUT2D eigenvalue weighted by atomic mass is 10.0. The minimum Gasteiger partial charge on any atom is -0.339 e. The molecule has 5 nitrogen and oxygen atoms in total. The van der Waals surface area contributed by atoms with E-state index >= 15 is 0 Å². The summed E-state index contributed by atoms with van der Waals surface area (Å²) in [5.41, 5.74) is 1.09. The van der Waals surface area contributed by atoms with Gasteiger partial charge < -0.3 is 9.42 Å². The van der Waals surface area contributed by atoms with Gasteiger partial charge in [-0.05, 0) is 36.8 Å². The molecule has 174 valence electrons. The minimum atomic E-state index is -4.47. The summed E-state index contributed by atoms with van der Waals surface area (Å²) < 4.78 is 44.2. The fourth-order valence-corrected chi connectivity index (χ4v) is 3.63. The molecule has 0 fully saturated rings. The van der Waals surface area contributed by atoms with Crippen molar-refractivity contribution in [2.75, 3.05) is 6.54 Å². The molecule has 0 aliphatic rings. The van der Waals surface area contributed by atoms with Gasteiger partial charge in [0.2, 0.25) is 11.7 Å². The predicted molar refractivity (Wildman–Crippen MR) is 121 cm³/mol. The van der Waals surface area contributed by atoms with E-state index in [9.17, 15) is 18.0 Å². The van der Waals surface area contributed by atoms with Gasteiger partial charge in [0.1, 0.15) is 0 Å². The van der Waals surface area contributed by atoms with Gasteiger partial charge in [-0.1, -0.05) is 65.8 Å². The third-order valence-corrected chi connectivity index (χ3v) is 5.54. The Morgan fingerprint density at radius 1 is 0.941 bits per heavy atom. The maximum atomic E-state index is 13.3. The number of aromatic nitrogens is 2. The second-order valence-electron chi connectivity index (χ2n) is 7.79. The number of rotatable bonds is 7. The fraction of sp³-hybridized carbons (Fsp3) is 0.192. The van der Waals surface area contributed by atoms with E-state index in [4.69, 9.17) is 4.52 Å². The Hall–Kier alpha value is -3.94. The molecule has 1 atom stereocenters. The molecular weight excluding hydrogens is 443 g/mol. The first-order chi connectivity index (χ1) is 16.3. The van der Waals surface area contributed by atoms with E-state index in [0.29, 0.717) is 18.1 Å². The first-order valence-corrected chi connectivity index (χ1v) is 10.7. The van der Waals surface area contributed by atoms with Crippen LogP contribution in [0.15, 0.2) is 89.5 Å². The van der Waals surface area contributed by atoms with Gasteiger partial charge in [-0.25, -0.2) is 0 Å². The van der Waals surface area contributed by atoms with Crippen LogP contribution in [0, 0.1) is 0 Å². The zero-order chi connectivity index (χ0) is 24.1. The smallest absolute Gasteiger partial charge is 0.339 e. The average Bonchev–Trinajstić information content (AvgIpc) is 3.33. The average molecular weight is 465 g/mol. The second kappa shape index (κ2) is 9.91. The highest BCUT2D eigenvalue weighted by Crippen LogP contribution is 2.30. The number of carbonyl (C=O) groups is 1. The molecule has 0 aliphatic heterocycles. The molecule has 0 bridgehead atoms. The molecule has 0 saturated carbocycles. The zero-order valence-electron chi connectivity index (χ0n) is 18.4. The van der Waals surface area contributed by atoms with Crippen molar-refractivity contribution in [3.63, 3.8) is 0 Å². The summed E-state index contributed by atoms with van der Waals surface area (Å²) in [6.07, 6.45) is -4.17. The number of hydrogen-bond donors (Lipinski definition) is 0. The molecule has 1 aromatic heterocycles. The van der Waals surface area contributed by atoms with Crippen molar-refractivity contribution in [1.29, 1.82) is 0 Å². The van der Waals surface area contributed by atoms with E-state index in [-0.39, 0.29) is 24.1 Å². The van der Waals surface area contributed by atoms with Crippen LogP contribution in [0.4, 0.5) is 13.2 Å². The van der Waals surface area contributed by atoms with Gasteiger partial charge in [0.15, 0.2) is 0 Å². The van der Waals surface area contributed by atoms with Crippen LogP contribution >= 0.6 is 0 Å². The normalized spacial score (nSPS) is 12.4. The molecule has 0 saturated heterocycles. The Labute approximate surface area is 194 Å². The molecule has 0 spiro atoms. The molecule has 0 aliphatic carbocycles. The molecule has 1 heterocycles. The van der Waals surface area contributed by atoms with Crippen LogP contribution in [0.5, 0.6) is 0 Å². The minimum absolute atomic E-state index is 0.172. The maximum absolute atomic E-state index is 13.3. The fourth-order valence-electron chi connectivity index (χ4n) is 3.63. The number of hydrogen-bond acceptors (Lipinski definition) is 4. The summed E-state index contributed by atoms with van der Waals surface area (Å²) in [6.45, 7) is 2.12. The van der Waals surface area contributed by atoms with Crippen LogP contribution < -0.4 is 0 Å². The van der Waals surface area contributed by atoms with Crippen LogP contribution in [-0.4, -0.2) is 27.5 Å². The van der Waals surface area contributed by atoms with Gasteiger partial charge in [-0.3, -0.25) is 4.79 Å². The number of carbonyl (C=O) groups excluding carboxylic acids is 1. The highest BCUT2D eigenvalue weighted by molar-refractivity contribution is 5.94. The molecule has 34 heavy (non-hydrogen) atoms. The van der Waals surface area contributed by atoms with Crippen molar-refractivity contribution < 1.29 is 22.5 Å². The summed E-state index contributed by atoms with van der Waals surface area (Å²) in [5.74, 6) is 0.435. The summed E-state index contributed by atoms with van der Waals surface area (Å²) in [5, 5.41) is 4.01. The number of alkyl halides is 3. The molecule has 1 amide bonds. The monoisotopic (exact) mass is 465 g/mol. The standard InChI is InChI=1S/C26H22F3N3O2/c1-18(19-8-4-2-5-9-19)32(25(33)21-12-14-22(15-13-21)26(27,28)29)17-16-23-30-24(31-34-23)20-10-6-3-7-11-20/h2-15,18H,16-17H2,1H3/t18-/m1/s1. The van der Waals surface area contributed by atoms with Crippen molar-refractivity contribution in [2.45, 2.75) is 25.6 Å². The third kappa shape index (κ3) is 5.33. The van der Waals surface area contributed by atoms with E-state index in [2.05, 4.69) is 10.1 Å². The summed E-state index contributed by atoms with van der Waals surface area (Å²) in [7, 11) is 0. The molecule has 0 radical (unpaired) electrons. The number of nitrogens with zero attached hydrogens (tertiary/aromatic N) is 3. The van der Waals surface area contributed by atoms with E-state index in [1.165, 1.54) is 12.1 Å². The Kier molecular flexibility index (Phi) is 6.77. The Morgan fingerprint density at radius 3 is 2.18 bits per heavy atom. The highest BCUT2D eigenvalue weighted by Gasteiger charge is 2.31. The lowest BCUT2D eigenvalue weighted by Gasteiger charge is -2.29. The SMILES string of the molecule is C[C@H](c1ccccc1)N(CCc1nc(-c2ccccc2)no1)C(=O)c1ccc(C(F)(F)F)cc1. The van der Waals surface area contributed by atoms with Gasteiger partial charge in [0, 0.05) is 24.1 Å². The largest absolute Gasteiger partial charge is 0.416 e. The quantitative estimate of drug-likeness (QED) is 0.326. The van der Waals surface area contributed by atoms with Crippen molar-refractivity contribution >= 4 is 5.91 Å². The van der Waals surface area contributed by atoms with E-state index in [1.54, 1.807) is 4.90 Å². The summed E-state index contributed by atoms with van der Waals surface area (Å²) in [6, 6.07) is 22.7. The maximum Gasteiger partial charge on any atom is 0.416 e. The van der Waals surface area contributed by atoms with Crippen molar-refractivity contribution in [1.82, 2.24) is 15.0 Å². The molecule has 0 N–H and O–H groups in total. The predicted octanol–water partition coefficient (Wildman–Crippen LogP) is 6.20. The van der Waals surface area contributed by atoms with E-state index in [1.807, 2.05) is 67.6 Å². The first kappa shape index (κ1) is 23.2. The molecule has 3 aromatic carbocycles. The summed E-state index contributed by atoms with van der Waals surface area (Å²) >= 11 is 0. The van der Waals surface area contributed by atoms with E-state index in [0.717, 1.165) is 23.3 Å². The molecule has 8 heteroatoms. The molecule has 4 aromatic rings. The van der Waals surface area contributed by atoms with Gasteiger partial charge in [0.05, 0.1) is 11.6 Å². The topological polar surface area (TPSA) is 59.2 Å². The number of benzene rings is 3. The van der Waals surface area contributed by atoms with Crippen LogP contribution in [-0.2, 0) is 12.6 Å². The molecular formula is C26H22F3N3O2. The highest BCUT2D eigenvalue weighted by atomic mass is 19.4. The van der Waals surface area contributed by atoms with Gasteiger partial charge >= 0.3 is 6.18 Å². The van der Waals surface area contributed by atoms with Crippen LogP contribution in [0.25, 0.3) is 11.4 Å². The van der Waals surface area contributed by atoms with E-state index < -0.39 is 11.7 Å². The molecule has 4 rings (SSSR count). The summed E-state index contributed by atoms with van der Waals surface area (Å²) in [4.78, 5) is 19.4. The molecule has 0 unspecified atom stereocenters. The lowest BCUT2D eigenvalue weighted by Crippen LogP contribution is -2.35. The third-order valence-electron chi connectivity index (χ3n) is 5.54. The lowest BCUT2D eigenvalue weighted by molar-refractivity contribution is -0.137. The van der Waals surface area contributed by atoms with Gasteiger partial charge in [-0.15, -0.1) is 0 Å². The number of halogens is 3. The van der Waals surface area contributed by atoms with Crippen molar-refractivity contribution in [3.8, 4) is 11.4 Å².